The largest absolute Gasteiger partial charge is 0.378 e. The third-order valence-corrected chi connectivity index (χ3v) is 3.91. The molecule has 122 valence electrons. The summed E-state index contributed by atoms with van der Waals surface area (Å²) in [6.45, 7) is 4.93. The maximum absolute atomic E-state index is 10.6. The number of ether oxygens (including phenoxy) is 1. The SMILES string of the molecule is CCCC/C(=C/[C@H]1CCCCC[C@H]1OCCC)O[N+](=O)[O-]. The van der Waals surface area contributed by atoms with Gasteiger partial charge in [0, 0.05) is 12.5 Å². The molecule has 0 aromatic carbocycles. The average Bonchev–Trinajstić information content (AvgIpc) is 2.67. The van der Waals surface area contributed by atoms with Gasteiger partial charge in [-0.1, -0.05) is 45.6 Å². The molecule has 0 aromatic heterocycles. The number of nitrogens with zero attached hydrogens (tertiary/aromatic N) is 1. The van der Waals surface area contributed by atoms with Crippen molar-refractivity contribution in [3.63, 3.8) is 0 Å². The van der Waals surface area contributed by atoms with Crippen LogP contribution in [0.3, 0.4) is 0 Å². The van der Waals surface area contributed by atoms with E-state index in [0.29, 0.717) is 12.2 Å². The fraction of sp³-hybridized carbons (Fsp3) is 0.875. The van der Waals surface area contributed by atoms with E-state index in [1.807, 2.05) is 6.08 Å². The number of hydrogen-bond donors (Lipinski definition) is 0. The van der Waals surface area contributed by atoms with E-state index in [9.17, 15) is 10.1 Å². The van der Waals surface area contributed by atoms with Gasteiger partial charge >= 0.3 is 0 Å². The van der Waals surface area contributed by atoms with Crippen LogP contribution in [0, 0.1) is 16.0 Å². The number of hydrogen-bond acceptors (Lipinski definition) is 4. The average molecular weight is 299 g/mol. The smallest absolute Gasteiger partial charge is 0.299 e. The van der Waals surface area contributed by atoms with Crippen LogP contribution in [0.2, 0.25) is 0 Å². The van der Waals surface area contributed by atoms with Gasteiger partial charge in [-0.05, 0) is 32.1 Å². The molecule has 1 saturated carbocycles. The molecule has 0 amide bonds. The monoisotopic (exact) mass is 299 g/mol. The van der Waals surface area contributed by atoms with Gasteiger partial charge in [-0.3, -0.25) is 4.84 Å². The van der Waals surface area contributed by atoms with Crippen molar-refractivity contribution in [2.75, 3.05) is 6.61 Å². The first-order valence-corrected chi connectivity index (χ1v) is 8.32. The lowest BCUT2D eigenvalue weighted by Crippen LogP contribution is -2.23. The first-order chi connectivity index (χ1) is 10.2. The van der Waals surface area contributed by atoms with Crippen molar-refractivity contribution in [3.05, 3.63) is 21.9 Å². The second kappa shape index (κ2) is 10.6. The fourth-order valence-electron chi connectivity index (χ4n) is 2.81. The molecule has 0 spiro atoms. The van der Waals surface area contributed by atoms with Crippen molar-refractivity contribution in [1.82, 2.24) is 0 Å². The molecule has 0 bridgehead atoms. The van der Waals surface area contributed by atoms with E-state index < -0.39 is 5.09 Å². The summed E-state index contributed by atoms with van der Waals surface area (Å²) < 4.78 is 5.97. The molecule has 0 heterocycles. The van der Waals surface area contributed by atoms with Gasteiger partial charge in [0.2, 0.25) is 0 Å². The summed E-state index contributed by atoms with van der Waals surface area (Å²) in [6, 6.07) is 0. The number of allylic oxidation sites excluding steroid dienone is 1. The minimum absolute atomic E-state index is 0.180. The molecule has 1 aliphatic rings. The van der Waals surface area contributed by atoms with E-state index in [1.165, 1.54) is 12.8 Å². The molecule has 0 unspecified atom stereocenters. The molecule has 0 aliphatic heterocycles. The van der Waals surface area contributed by atoms with E-state index in [1.54, 1.807) is 0 Å². The number of unbranched alkanes of at least 4 members (excludes halogenated alkanes) is 1. The first kappa shape index (κ1) is 18.0. The molecule has 0 radical (unpaired) electrons. The summed E-state index contributed by atoms with van der Waals surface area (Å²) >= 11 is 0. The summed E-state index contributed by atoms with van der Waals surface area (Å²) in [4.78, 5) is 15.4. The molecule has 21 heavy (non-hydrogen) atoms. The molecule has 5 nitrogen and oxygen atoms in total. The van der Waals surface area contributed by atoms with E-state index >= 15 is 0 Å². The molecule has 5 heteroatoms. The van der Waals surface area contributed by atoms with E-state index in [2.05, 4.69) is 13.8 Å². The Hall–Kier alpha value is -1.10. The van der Waals surface area contributed by atoms with Crippen LogP contribution in [0.25, 0.3) is 0 Å². The highest BCUT2D eigenvalue weighted by molar-refractivity contribution is 4.99. The van der Waals surface area contributed by atoms with E-state index in [4.69, 9.17) is 9.57 Å². The second-order valence-corrected chi connectivity index (χ2v) is 5.76. The van der Waals surface area contributed by atoms with Crippen LogP contribution in [-0.2, 0) is 9.57 Å². The molecular weight excluding hydrogens is 270 g/mol. The Bertz CT molecular complexity index is 330. The van der Waals surface area contributed by atoms with Crippen molar-refractivity contribution in [2.45, 2.75) is 77.7 Å². The number of rotatable bonds is 9. The predicted octanol–water partition coefficient (Wildman–Crippen LogP) is 4.64. The van der Waals surface area contributed by atoms with Crippen LogP contribution in [0.4, 0.5) is 0 Å². The minimum Gasteiger partial charge on any atom is -0.378 e. The van der Waals surface area contributed by atoms with Gasteiger partial charge < -0.3 is 4.74 Å². The van der Waals surface area contributed by atoms with Crippen LogP contribution in [0.15, 0.2) is 11.8 Å². The van der Waals surface area contributed by atoms with Gasteiger partial charge in [0.25, 0.3) is 5.09 Å². The van der Waals surface area contributed by atoms with Gasteiger partial charge in [0.15, 0.2) is 0 Å². The van der Waals surface area contributed by atoms with Gasteiger partial charge in [-0.15, -0.1) is 10.1 Å². The van der Waals surface area contributed by atoms with Crippen LogP contribution in [-0.4, -0.2) is 17.8 Å². The molecular formula is C16H29NO4. The molecule has 0 N–H and O–H groups in total. The zero-order valence-electron chi connectivity index (χ0n) is 13.4. The zero-order valence-corrected chi connectivity index (χ0v) is 13.4. The predicted molar refractivity (Wildman–Crippen MR) is 82.3 cm³/mol. The van der Waals surface area contributed by atoms with Crippen LogP contribution in [0.5, 0.6) is 0 Å². The van der Waals surface area contributed by atoms with Gasteiger partial charge in [0.05, 0.1) is 11.9 Å². The van der Waals surface area contributed by atoms with Crippen molar-refractivity contribution < 1.29 is 14.7 Å². The minimum atomic E-state index is -0.694. The third kappa shape index (κ3) is 7.46. The highest BCUT2D eigenvalue weighted by atomic mass is 17.0. The van der Waals surface area contributed by atoms with Crippen molar-refractivity contribution in [2.24, 2.45) is 5.92 Å². The third-order valence-electron chi connectivity index (χ3n) is 3.91. The quantitative estimate of drug-likeness (QED) is 0.269. The van der Waals surface area contributed by atoms with Gasteiger partial charge in [-0.25, -0.2) is 0 Å². The van der Waals surface area contributed by atoms with Crippen LogP contribution >= 0.6 is 0 Å². The summed E-state index contributed by atoms with van der Waals surface area (Å²) in [5.74, 6) is 0.740. The highest BCUT2D eigenvalue weighted by Crippen LogP contribution is 2.29. The summed E-state index contributed by atoms with van der Waals surface area (Å²) in [7, 11) is 0. The Balaban J connectivity index is 2.75. The lowest BCUT2D eigenvalue weighted by molar-refractivity contribution is -0.743. The van der Waals surface area contributed by atoms with Crippen molar-refractivity contribution in [1.29, 1.82) is 0 Å². The molecule has 1 aliphatic carbocycles. The topological polar surface area (TPSA) is 61.6 Å². The van der Waals surface area contributed by atoms with Crippen LogP contribution < -0.4 is 0 Å². The highest BCUT2D eigenvalue weighted by Gasteiger charge is 2.23. The molecule has 0 aromatic rings. The molecule has 1 fully saturated rings. The Morgan fingerprint density at radius 1 is 1.24 bits per heavy atom. The molecule has 1 rings (SSSR count). The zero-order chi connectivity index (χ0) is 15.5. The summed E-state index contributed by atoms with van der Waals surface area (Å²) in [6.07, 6.45) is 11.3. The molecule has 0 saturated heterocycles. The maximum atomic E-state index is 10.6. The van der Waals surface area contributed by atoms with Gasteiger partial charge in [-0.2, -0.15) is 0 Å². The van der Waals surface area contributed by atoms with Crippen molar-refractivity contribution >= 4 is 0 Å². The van der Waals surface area contributed by atoms with Crippen LogP contribution in [0.1, 0.15) is 71.6 Å². The Morgan fingerprint density at radius 3 is 2.67 bits per heavy atom. The standard InChI is InChI=1S/C16H29NO4/c1-3-5-10-15(21-17(18)19)13-14-9-7-6-8-11-16(14)20-12-4-2/h13-14,16H,3-12H2,1-2H3/b15-13-/t14-,16-/m1/s1. The second-order valence-electron chi connectivity index (χ2n) is 5.76. The normalized spacial score (nSPS) is 23.6. The van der Waals surface area contributed by atoms with Gasteiger partial charge in [0.1, 0.15) is 0 Å². The Morgan fingerprint density at radius 2 is 2.00 bits per heavy atom. The van der Waals surface area contributed by atoms with E-state index in [-0.39, 0.29) is 12.0 Å². The first-order valence-electron chi connectivity index (χ1n) is 8.32. The summed E-state index contributed by atoms with van der Waals surface area (Å²) in [5.41, 5.74) is 0. The van der Waals surface area contributed by atoms with E-state index in [0.717, 1.165) is 45.1 Å². The summed E-state index contributed by atoms with van der Waals surface area (Å²) in [5, 5.41) is 9.95. The lowest BCUT2D eigenvalue weighted by atomic mass is 9.95. The Kier molecular flexibility index (Phi) is 9.06. The Labute approximate surface area is 127 Å². The maximum Gasteiger partial charge on any atom is 0.299 e. The molecule has 2 atom stereocenters. The lowest BCUT2D eigenvalue weighted by Gasteiger charge is -2.23. The van der Waals surface area contributed by atoms with Crippen molar-refractivity contribution in [3.8, 4) is 0 Å². The fourth-order valence-corrected chi connectivity index (χ4v) is 2.81.